The molecule has 0 amide bonds. The fraction of sp³-hybridized carbons (Fsp3) is 0.400. The van der Waals surface area contributed by atoms with E-state index in [-0.39, 0.29) is 5.78 Å². The Morgan fingerprint density at radius 2 is 1.82 bits per heavy atom. The summed E-state index contributed by atoms with van der Waals surface area (Å²) in [5, 5.41) is 0. The number of hydrogen-bond donors (Lipinski definition) is 0. The predicted molar refractivity (Wildman–Crippen MR) is 48.2 cm³/mol. The van der Waals surface area contributed by atoms with Gasteiger partial charge in [0.25, 0.3) is 0 Å². The molecular formula is C10H15O. The Hall–Kier alpha value is -0.850. The lowest BCUT2D eigenvalue weighted by Gasteiger charge is -1.91. The summed E-state index contributed by atoms with van der Waals surface area (Å²) in [7, 11) is 0. The second-order valence-electron chi connectivity index (χ2n) is 2.86. The van der Waals surface area contributed by atoms with Crippen LogP contribution in [0.5, 0.6) is 0 Å². The smallest absolute Gasteiger partial charge is 0.178 e. The molecule has 0 bridgehead atoms. The maximum absolute atomic E-state index is 11.0. The second kappa shape index (κ2) is 4.89. The van der Waals surface area contributed by atoms with Crippen molar-refractivity contribution in [2.75, 3.05) is 0 Å². The second-order valence-corrected chi connectivity index (χ2v) is 2.86. The summed E-state index contributed by atoms with van der Waals surface area (Å²) in [4.78, 5) is 11.0. The average molecular weight is 151 g/mol. The zero-order valence-corrected chi connectivity index (χ0v) is 7.48. The first-order valence-electron chi connectivity index (χ1n) is 3.71. The molecule has 0 saturated heterocycles. The number of ketones is 1. The number of hydrogen-bond acceptors (Lipinski definition) is 1. The molecule has 0 aliphatic carbocycles. The van der Waals surface area contributed by atoms with Crippen molar-refractivity contribution in [2.45, 2.75) is 27.2 Å². The quantitative estimate of drug-likeness (QED) is 0.567. The minimum absolute atomic E-state index is 0.0613. The van der Waals surface area contributed by atoms with E-state index in [9.17, 15) is 4.79 Å². The van der Waals surface area contributed by atoms with Crippen LogP contribution < -0.4 is 0 Å². The largest absolute Gasteiger partial charge is 0.290 e. The number of carbonyl (C=O) groups excluding carboxylic acids is 1. The Kier molecular flexibility index (Phi) is 4.51. The van der Waals surface area contributed by atoms with Crippen LogP contribution in [0.3, 0.4) is 0 Å². The molecule has 1 heteroatoms. The van der Waals surface area contributed by atoms with Gasteiger partial charge in [0.15, 0.2) is 5.78 Å². The minimum Gasteiger partial charge on any atom is -0.290 e. The van der Waals surface area contributed by atoms with E-state index in [1.165, 1.54) is 0 Å². The van der Waals surface area contributed by atoms with Gasteiger partial charge in [0.1, 0.15) is 0 Å². The van der Waals surface area contributed by atoms with E-state index in [0.29, 0.717) is 6.42 Å². The Balaban J connectivity index is 4.19. The maximum atomic E-state index is 11.0. The third kappa shape index (κ3) is 5.59. The Morgan fingerprint density at radius 3 is 2.18 bits per heavy atom. The number of allylic oxidation sites excluding steroid dienone is 4. The maximum Gasteiger partial charge on any atom is 0.178 e. The summed E-state index contributed by atoms with van der Waals surface area (Å²) in [5.74, 6) is 0.0613. The van der Waals surface area contributed by atoms with Gasteiger partial charge in [-0.15, -0.1) is 0 Å². The molecule has 0 aliphatic heterocycles. The fourth-order valence-electron chi connectivity index (χ4n) is 0.641. The summed E-state index contributed by atoms with van der Waals surface area (Å²) < 4.78 is 0. The summed E-state index contributed by atoms with van der Waals surface area (Å²) in [6.07, 6.45) is 3.95. The predicted octanol–water partition coefficient (Wildman–Crippen LogP) is 2.69. The first-order chi connectivity index (χ1) is 5.06. The van der Waals surface area contributed by atoms with Crippen molar-refractivity contribution in [1.29, 1.82) is 0 Å². The van der Waals surface area contributed by atoms with Crippen LogP contribution >= 0.6 is 0 Å². The summed E-state index contributed by atoms with van der Waals surface area (Å²) in [6, 6.07) is 0. The van der Waals surface area contributed by atoms with Crippen molar-refractivity contribution in [3.63, 3.8) is 0 Å². The normalized spacial score (nSPS) is 11.1. The van der Waals surface area contributed by atoms with Crippen molar-refractivity contribution < 1.29 is 4.79 Å². The molecule has 0 atom stereocenters. The van der Waals surface area contributed by atoms with Gasteiger partial charge in [0.05, 0.1) is 0 Å². The van der Waals surface area contributed by atoms with Crippen LogP contribution in [0.2, 0.25) is 0 Å². The molecule has 0 aromatic carbocycles. The van der Waals surface area contributed by atoms with Gasteiger partial charge in [-0.3, -0.25) is 4.79 Å². The molecule has 0 heterocycles. The highest BCUT2D eigenvalue weighted by molar-refractivity contribution is 5.99. The van der Waals surface area contributed by atoms with Crippen LogP contribution in [0.4, 0.5) is 0 Å². The van der Waals surface area contributed by atoms with Crippen LogP contribution in [-0.4, -0.2) is 5.78 Å². The molecule has 11 heavy (non-hydrogen) atoms. The molecule has 0 fully saturated rings. The van der Waals surface area contributed by atoms with Gasteiger partial charge in [-0.05, 0) is 46.3 Å². The van der Waals surface area contributed by atoms with Crippen LogP contribution in [0.15, 0.2) is 23.3 Å². The lowest BCUT2D eigenvalue weighted by molar-refractivity contribution is -0.110. The first kappa shape index (κ1) is 10.2. The summed E-state index contributed by atoms with van der Waals surface area (Å²) >= 11 is 0. The van der Waals surface area contributed by atoms with E-state index < -0.39 is 0 Å². The van der Waals surface area contributed by atoms with Crippen molar-refractivity contribution in [3.8, 4) is 0 Å². The standard InChI is InChI=1S/C10H15O/c1-5-9(4)7-10(11)6-8(2)3/h6-7H,1,5H2,2-4H3. The molecule has 1 nitrogen and oxygen atoms in total. The third-order valence-electron chi connectivity index (χ3n) is 1.21. The topological polar surface area (TPSA) is 17.1 Å². The van der Waals surface area contributed by atoms with Crippen molar-refractivity contribution in [3.05, 3.63) is 30.2 Å². The molecule has 0 saturated carbocycles. The molecular weight excluding hydrogens is 136 g/mol. The zero-order valence-electron chi connectivity index (χ0n) is 7.48. The van der Waals surface area contributed by atoms with Crippen LogP contribution in [0.1, 0.15) is 27.2 Å². The van der Waals surface area contributed by atoms with Crippen LogP contribution in [0.25, 0.3) is 0 Å². The Labute approximate surface area is 68.8 Å². The van der Waals surface area contributed by atoms with Crippen molar-refractivity contribution in [1.82, 2.24) is 0 Å². The third-order valence-corrected chi connectivity index (χ3v) is 1.21. The van der Waals surface area contributed by atoms with E-state index in [2.05, 4.69) is 6.92 Å². The van der Waals surface area contributed by atoms with Gasteiger partial charge in [0.2, 0.25) is 0 Å². The highest BCUT2D eigenvalue weighted by Gasteiger charge is 1.91. The van der Waals surface area contributed by atoms with E-state index in [0.717, 1.165) is 11.1 Å². The molecule has 0 N–H and O–H groups in total. The van der Waals surface area contributed by atoms with Crippen LogP contribution in [-0.2, 0) is 4.79 Å². The molecule has 1 radical (unpaired) electrons. The fourth-order valence-corrected chi connectivity index (χ4v) is 0.641. The molecule has 0 spiro atoms. The van der Waals surface area contributed by atoms with Gasteiger partial charge in [-0.25, -0.2) is 0 Å². The molecule has 61 valence electrons. The number of carbonyl (C=O) groups is 1. The number of rotatable bonds is 3. The van der Waals surface area contributed by atoms with Gasteiger partial charge < -0.3 is 0 Å². The van der Waals surface area contributed by atoms with Crippen molar-refractivity contribution >= 4 is 5.78 Å². The zero-order chi connectivity index (χ0) is 8.85. The van der Waals surface area contributed by atoms with Gasteiger partial charge >= 0.3 is 0 Å². The van der Waals surface area contributed by atoms with Crippen molar-refractivity contribution in [2.24, 2.45) is 0 Å². The summed E-state index contributed by atoms with van der Waals surface area (Å²) in [6.45, 7) is 9.40. The average Bonchev–Trinajstić information content (AvgIpc) is 1.85. The lowest BCUT2D eigenvalue weighted by Crippen LogP contribution is -1.88. The van der Waals surface area contributed by atoms with Crippen LogP contribution in [0, 0.1) is 6.92 Å². The highest BCUT2D eigenvalue weighted by atomic mass is 16.1. The highest BCUT2D eigenvalue weighted by Crippen LogP contribution is 1.99. The Morgan fingerprint density at radius 1 is 1.27 bits per heavy atom. The van der Waals surface area contributed by atoms with Gasteiger partial charge in [0, 0.05) is 0 Å². The monoisotopic (exact) mass is 151 g/mol. The molecule has 0 rings (SSSR count). The van der Waals surface area contributed by atoms with E-state index >= 15 is 0 Å². The van der Waals surface area contributed by atoms with E-state index in [1.807, 2.05) is 20.8 Å². The molecule has 0 unspecified atom stereocenters. The van der Waals surface area contributed by atoms with Gasteiger partial charge in [-0.1, -0.05) is 11.1 Å². The van der Waals surface area contributed by atoms with E-state index in [1.54, 1.807) is 12.2 Å². The molecule has 0 aliphatic rings. The first-order valence-corrected chi connectivity index (χ1v) is 3.71. The Bertz CT molecular complexity index is 193. The molecule has 0 aromatic heterocycles. The SMILES string of the molecule is [CH2]CC(C)=CC(=O)C=C(C)C. The van der Waals surface area contributed by atoms with Gasteiger partial charge in [-0.2, -0.15) is 0 Å². The lowest BCUT2D eigenvalue weighted by atomic mass is 10.1. The summed E-state index contributed by atoms with van der Waals surface area (Å²) in [5.41, 5.74) is 2.05. The molecule has 0 aromatic rings. The van der Waals surface area contributed by atoms with E-state index in [4.69, 9.17) is 0 Å². The minimum atomic E-state index is 0.0613.